The predicted octanol–water partition coefficient (Wildman–Crippen LogP) is 1.53. The highest BCUT2D eigenvalue weighted by molar-refractivity contribution is 5.96. The number of anilines is 1. The van der Waals surface area contributed by atoms with Gasteiger partial charge in [-0.3, -0.25) is 9.59 Å². The maximum atomic E-state index is 12.4. The molecule has 0 aliphatic carbocycles. The van der Waals surface area contributed by atoms with Crippen molar-refractivity contribution in [1.29, 1.82) is 0 Å². The molecule has 0 radical (unpaired) electrons. The lowest BCUT2D eigenvalue weighted by molar-refractivity contribution is -0.118. The highest BCUT2D eigenvalue weighted by Gasteiger charge is 2.20. The zero-order valence-electron chi connectivity index (χ0n) is 13.8. The Balaban J connectivity index is 2.01. The molecular weight excluding hydrogens is 294 g/mol. The van der Waals surface area contributed by atoms with Crippen LogP contribution in [-0.2, 0) is 9.53 Å². The number of amides is 2. The van der Waals surface area contributed by atoms with Crippen LogP contribution in [0.15, 0.2) is 18.2 Å². The highest BCUT2D eigenvalue weighted by Crippen LogP contribution is 2.20. The van der Waals surface area contributed by atoms with Gasteiger partial charge in [0, 0.05) is 38.0 Å². The van der Waals surface area contributed by atoms with Gasteiger partial charge in [0.2, 0.25) is 5.91 Å². The number of rotatable bonds is 6. The molecule has 3 N–H and O–H groups in total. The molecule has 6 heteroatoms. The van der Waals surface area contributed by atoms with Gasteiger partial charge < -0.3 is 20.7 Å². The van der Waals surface area contributed by atoms with Crippen molar-refractivity contribution >= 4 is 17.5 Å². The molecule has 1 saturated heterocycles. The Kier molecular flexibility index (Phi) is 6.12. The Morgan fingerprint density at radius 1 is 1.35 bits per heavy atom. The van der Waals surface area contributed by atoms with E-state index < -0.39 is 0 Å². The van der Waals surface area contributed by atoms with E-state index in [1.54, 1.807) is 12.1 Å². The molecule has 2 rings (SSSR count). The molecule has 1 atom stereocenters. The van der Waals surface area contributed by atoms with E-state index in [0.29, 0.717) is 17.8 Å². The fourth-order valence-corrected chi connectivity index (χ4v) is 2.71. The number of likely N-dealkylation sites (tertiary alicyclic amines) is 1. The molecule has 0 aromatic heterocycles. The molecule has 0 saturated carbocycles. The third-order valence-electron chi connectivity index (χ3n) is 4.15. The van der Waals surface area contributed by atoms with Crippen LogP contribution in [0.2, 0.25) is 0 Å². The molecule has 1 aliphatic rings. The van der Waals surface area contributed by atoms with Gasteiger partial charge in [0.25, 0.3) is 5.91 Å². The topological polar surface area (TPSA) is 84.7 Å². The van der Waals surface area contributed by atoms with Crippen molar-refractivity contribution in [3.63, 3.8) is 0 Å². The number of carbonyl (C=O) groups excluding carboxylic acids is 2. The van der Waals surface area contributed by atoms with Gasteiger partial charge >= 0.3 is 0 Å². The Hall–Kier alpha value is -1.92. The first-order chi connectivity index (χ1) is 11.0. The summed E-state index contributed by atoms with van der Waals surface area (Å²) in [6, 6.07) is 5.37. The lowest BCUT2D eigenvalue weighted by Gasteiger charge is -2.17. The molecular formula is C17H25N3O3. The number of aryl methyl sites for hydroxylation is 1. The van der Waals surface area contributed by atoms with E-state index in [0.717, 1.165) is 31.5 Å². The van der Waals surface area contributed by atoms with Gasteiger partial charge in [-0.1, -0.05) is 0 Å². The first kappa shape index (κ1) is 17.4. The number of nitrogens with one attached hydrogen (secondary N) is 1. The molecule has 1 aromatic carbocycles. The number of hydrogen-bond donors (Lipinski definition) is 2. The van der Waals surface area contributed by atoms with Crippen molar-refractivity contribution in [2.24, 2.45) is 5.73 Å². The van der Waals surface area contributed by atoms with Crippen LogP contribution < -0.4 is 11.1 Å². The number of ether oxygens (including phenoxy) is 1. The zero-order chi connectivity index (χ0) is 16.8. The van der Waals surface area contributed by atoms with Crippen LogP contribution in [0.3, 0.4) is 0 Å². The number of carbonyl (C=O) groups is 2. The average Bonchev–Trinajstić information content (AvgIpc) is 3.08. The monoisotopic (exact) mass is 319 g/mol. The third-order valence-corrected chi connectivity index (χ3v) is 4.15. The minimum absolute atomic E-state index is 0.0612. The van der Waals surface area contributed by atoms with Crippen molar-refractivity contribution < 1.29 is 14.3 Å². The van der Waals surface area contributed by atoms with E-state index in [-0.39, 0.29) is 24.3 Å². The van der Waals surface area contributed by atoms with Crippen LogP contribution in [-0.4, -0.2) is 49.6 Å². The van der Waals surface area contributed by atoms with E-state index in [9.17, 15) is 9.59 Å². The number of nitrogens with zero attached hydrogens (tertiary/aromatic N) is 1. The maximum absolute atomic E-state index is 12.4. The van der Waals surface area contributed by atoms with Crippen LogP contribution in [0.5, 0.6) is 0 Å². The summed E-state index contributed by atoms with van der Waals surface area (Å²) in [6.07, 6.45) is 2.06. The minimum Gasteiger partial charge on any atom is -0.380 e. The lowest BCUT2D eigenvalue weighted by atomic mass is 10.1. The van der Waals surface area contributed by atoms with E-state index in [4.69, 9.17) is 10.5 Å². The summed E-state index contributed by atoms with van der Waals surface area (Å²) in [5, 5.41) is 2.85. The van der Waals surface area contributed by atoms with Gasteiger partial charge in [0.15, 0.2) is 0 Å². The van der Waals surface area contributed by atoms with Crippen LogP contribution in [0, 0.1) is 6.92 Å². The lowest BCUT2D eigenvalue weighted by Crippen LogP contribution is -2.28. The van der Waals surface area contributed by atoms with Crippen molar-refractivity contribution in [2.75, 3.05) is 32.1 Å². The van der Waals surface area contributed by atoms with E-state index >= 15 is 0 Å². The third kappa shape index (κ3) is 4.53. The number of hydrogen-bond acceptors (Lipinski definition) is 4. The Morgan fingerprint density at radius 2 is 2.04 bits per heavy atom. The van der Waals surface area contributed by atoms with Crippen molar-refractivity contribution in [3.05, 3.63) is 29.3 Å². The van der Waals surface area contributed by atoms with E-state index in [1.165, 1.54) is 7.11 Å². The predicted molar refractivity (Wildman–Crippen MR) is 89.4 cm³/mol. The molecule has 126 valence electrons. The second-order valence-electron chi connectivity index (χ2n) is 5.87. The summed E-state index contributed by atoms with van der Waals surface area (Å²) in [6.45, 7) is 3.83. The largest absolute Gasteiger partial charge is 0.380 e. The van der Waals surface area contributed by atoms with Gasteiger partial charge in [-0.05, 0) is 43.5 Å². The second kappa shape index (κ2) is 8.08. The van der Waals surface area contributed by atoms with Crippen LogP contribution >= 0.6 is 0 Å². The number of benzene rings is 1. The molecule has 2 amide bonds. The van der Waals surface area contributed by atoms with Crippen LogP contribution in [0.25, 0.3) is 0 Å². The maximum Gasteiger partial charge on any atom is 0.253 e. The Labute approximate surface area is 137 Å². The molecule has 1 aromatic rings. The molecule has 1 fully saturated rings. The fraction of sp³-hybridized carbons (Fsp3) is 0.529. The minimum atomic E-state index is -0.286. The van der Waals surface area contributed by atoms with Gasteiger partial charge in [0.05, 0.1) is 12.5 Å². The SMILES string of the molecule is COC(CN)CC(=O)Nc1ccc(C(=O)N2CCCC2)cc1C. The first-order valence-electron chi connectivity index (χ1n) is 7.97. The second-order valence-corrected chi connectivity index (χ2v) is 5.87. The van der Waals surface area contributed by atoms with Crippen LogP contribution in [0.4, 0.5) is 5.69 Å². The summed E-state index contributed by atoms with van der Waals surface area (Å²) in [7, 11) is 1.54. The smallest absolute Gasteiger partial charge is 0.253 e. The Bertz CT molecular complexity index is 564. The highest BCUT2D eigenvalue weighted by atomic mass is 16.5. The van der Waals surface area contributed by atoms with Gasteiger partial charge in [-0.15, -0.1) is 0 Å². The molecule has 23 heavy (non-hydrogen) atoms. The quantitative estimate of drug-likeness (QED) is 0.833. The summed E-state index contributed by atoms with van der Waals surface area (Å²) in [5.41, 5.74) is 7.76. The Morgan fingerprint density at radius 3 is 2.61 bits per heavy atom. The number of methoxy groups -OCH3 is 1. The molecule has 0 bridgehead atoms. The standard InChI is InChI=1S/C17H25N3O3/c1-12-9-13(17(22)20-7-3-4-8-20)5-6-15(12)19-16(21)10-14(11-18)23-2/h5-6,9,14H,3-4,7-8,10-11,18H2,1-2H3,(H,19,21). The number of nitrogens with two attached hydrogens (primary N) is 1. The van der Waals surface area contributed by atoms with Crippen molar-refractivity contribution in [1.82, 2.24) is 4.90 Å². The molecule has 0 spiro atoms. The van der Waals surface area contributed by atoms with Crippen LogP contribution in [0.1, 0.15) is 35.2 Å². The fourth-order valence-electron chi connectivity index (χ4n) is 2.71. The normalized spacial score (nSPS) is 15.5. The summed E-state index contributed by atoms with van der Waals surface area (Å²) < 4.78 is 5.11. The van der Waals surface area contributed by atoms with Gasteiger partial charge in [-0.25, -0.2) is 0 Å². The molecule has 1 heterocycles. The summed E-state index contributed by atoms with van der Waals surface area (Å²) in [5.74, 6) is -0.0879. The molecule has 1 aliphatic heterocycles. The molecule has 6 nitrogen and oxygen atoms in total. The van der Waals surface area contributed by atoms with Gasteiger partial charge in [-0.2, -0.15) is 0 Å². The zero-order valence-corrected chi connectivity index (χ0v) is 13.8. The van der Waals surface area contributed by atoms with E-state index in [1.807, 2.05) is 17.9 Å². The molecule has 1 unspecified atom stereocenters. The van der Waals surface area contributed by atoms with Gasteiger partial charge in [0.1, 0.15) is 0 Å². The average molecular weight is 319 g/mol. The van der Waals surface area contributed by atoms with Crippen molar-refractivity contribution in [2.45, 2.75) is 32.3 Å². The summed E-state index contributed by atoms with van der Waals surface area (Å²) >= 11 is 0. The van der Waals surface area contributed by atoms with Crippen molar-refractivity contribution in [3.8, 4) is 0 Å². The first-order valence-corrected chi connectivity index (χ1v) is 7.97. The summed E-state index contributed by atoms with van der Waals surface area (Å²) in [4.78, 5) is 26.2. The van der Waals surface area contributed by atoms with E-state index in [2.05, 4.69) is 5.32 Å².